The maximum absolute atomic E-state index is 12.8. The third kappa shape index (κ3) is 4.49. The van der Waals surface area contributed by atoms with Crippen molar-refractivity contribution in [3.8, 4) is 0 Å². The predicted molar refractivity (Wildman–Crippen MR) is 150 cm³/mol. The lowest BCUT2D eigenvalue weighted by molar-refractivity contribution is -0.456. The molecule has 0 aromatic carbocycles. The Morgan fingerprint density at radius 3 is 2.19 bits per heavy atom. The predicted octanol–water partition coefficient (Wildman–Crippen LogP) is 3.93. The fourth-order valence-corrected chi connectivity index (χ4v) is 10.3. The lowest BCUT2D eigenvalue weighted by Gasteiger charge is -2.67. The van der Waals surface area contributed by atoms with Crippen molar-refractivity contribution in [2.45, 2.75) is 116 Å². The molecule has 4 fully saturated rings. The molecule has 10 atom stereocenters. The molecule has 0 radical (unpaired) electrons. The molecule has 0 unspecified atom stereocenters. The average Bonchev–Trinajstić information content (AvgIpc) is 3.55. The first-order valence-electron chi connectivity index (χ1n) is 14.9. The van der Waals surface area contributed by atoms with Crippen LogP contribution in [0.3, 0.4) is 0 Å². The molecule has 43 heavy (non-hydrogen) atoms. The summed E-state index contributed by atoms with van der Waals surface area (Å²) in [5.41, 5.74) is -1.06. The van der Waals surface area contributed by atoms with Crippen LogP contribution in [-0.4, -0.2) is 58.2 Å². The number of ether oxygens (including phenoxy) is 3. The fraction of sp³-hybridized carbons (Fsp3) is 0.719. The molecule has 1 aromatic heterocycles. The van der Waals surface area contributed by atoms with Gasteiger partial charge in [0.1, 0.15) is 23.9 Å². The van der Waals surface area contributed by atoms with Crippen molar-refractivity contribution in [2.75, 3.05) is 0 Å². The minimum absolute atomic E-state index is 0. The number of aliphatic hydroxyl groups is 1. The van der Waals surface area contributed by atoms with Crippen LogP contribution in [0.15, 0.2) is 34.7 Å². The highest BCUT2D eigenvalue weighted by Crippen LogP contribution is 2.76. The Morgan fingerprint density at radius 1 is 0.930 bits per heavy atom. The van der Waals surface area contributed by atoms with E-state index in [2.05, 4.69) is 19.9 Å². The van der Waals surface area contributed by atoms with E-state index in [-0.39, 0.29) is 24.2 Å². The van der Waals surface area contributed by atoms with Crippen LogP contribution in [0.4, 0.5) is 0 Å². The Morgan fingerprint density at radius 2 is 1.58 bits per heavy atom. The molecular weight excluding hydrogens is 560 g/mol. The lowest BCUT2D eigenvalue weighted by atomic mass is 9.38. The summed E-state index contributed by atoms with van der Waals surface area (Å²) in [5.74, 6) is -3.92. The van der Waals surface area contributed by atoms with Crippen LogP contribution in [0.2, 0.25) is 0 Å². The van der Waals surface area contributed by atoms with Gasteiger partial charge in [0.05, 0.1) is 12.5 Å². The van der Waals surface area contributed by atoms with Crippen molar-refractivity contribution < 1.29 is 53.4 Å². The van der Waals surface area contributed by atoms with Crippen LogP contribution in [0.1, 0.15) is 92.1 Å². The van der Waals surface area contributed by atoms with E-state index in [1.165, 1.54) is 20.8 Å². The number of esters is 3. The molecule has 11 nitrogen and oxygen atoms in total. The number of fused-ring (bicyclic) bond motifs is 4. The number of rotatable bonds is 4. The topological polar surface area (TPSA) is 162 Å². The third-order valence-electron chi connectivity index (χ3n) is 11.3. The standard InChI is InChI=1S/C32H42O10.H2O/c1-17(33)38-22-13-29(6)21(20-10-11-37-15-20)8-9-23(29)30(7)25(39-18(2)34)12-24-28(4,5)41-42-31(36)14-26(40-19(3)35)32(24,16-31)27(22)30;/h9-11,15,21-22,24-27,36H,8,12-14,16H2,1-7H3;1H2/t21-,22-,24-,25+,26-,27-,29-,30+,31+,32+;/m0./s1. The van der Waals surface area contributed by atoms with Gasteiger partial charge in [-0.15, -0.1) is 0 Å². The van der Waals surface area contributed by atoms with Crippen molar-refractivity contribution in [1.82, 2.24) is 0 Å². The largest absolute Gasteiger partial charge is 0.472 e. The van der Waals surface area contributed by atoms with Gasteiger partial charge in [-0.2, -0.15) is 0 Å². The molecule has 1 spiro atoms. The summed E-state index contributed by atoms with van der Waals surface area (Å²) in [6, 6.07) is 1.97. The van der Waals surface area contributed by atoms with Gasteiger partial charge >= 0.3 is 17.9 Å². The number of hydrogen-bond acceptors (Lipinski definition) is 10. The average molecular weight is 605 g/mol. The van der Waals surface area contributed by atoms with E-state index in [0.717, 1.165) is 17.6 Å². The molecular formula is C32H44O11. The zero-order valence-corrected chi connectivity index (χ0v) is 25.9. The van der Waals surface area contributed by atoms with E-state index in [4.69, 9.17) is 28.4 Å². The molecule has 1 aromatic rings. The summed E-state index contributed by atoms with van der Waals surface area (Å²) in [6.07, 6.45) is 5.34. The highest BCUT2D eigenvalue weighted by atomic mass is 17.2. The van der Waals surface area contributed by atoms with Gasteiger partial charge in [-0.05, 0) is 56.1 Å². The van der Waals surface area contributed by atoms with E-state index < -0.39 is 75.7 Å². The molecule has 2 bridgehead atoms. The Balaban J connectivity index is 0.00000368. The Bertz CT molecular complexity index is 1320. The van der Waals surface area contributed by atoms with Gasteiger partial charge in [-0.1, -0.05) is 25.5 Å². The van der Waals surface area contributed by atoms with Crippen LogP contribution in [-0.2, 0) is 38.4 Å². The van der Waals surface area contributed by atoms with Crippen molar-refractivity contribution in [3.05, 3.63) is 35.8 Å². The SMILES string of the molecule is CC(=O)O[C@H]1C[C@]2(C)C(=CC[C@H]2c2ccoc2)[C@]2(C)[C@H](OC(C)=O)C[C@H]3C(C)(C)OO[C@]4(O)C[C@H](OC(C)=O)[C@]3(C4)[C@@H]12.O. The maximum atomic E-state index is 12.8. The monoisotopic (exact) mass is 604 g/mol. The molecule has 3 N–H and O–H groups in total. The summed E-state index contributed by atoms with van der Waals surface area (Å²) in [7, 11) is 0. The highest BCUT2D eigenvalue weighted by molar-refractivity contribution is 5.68. The Hall–Kier alpha value is -2.73. The molecule has 11 heteroatoms. The van der Waals surface area contributed by atoms with Gasteiger partial charge in [0, 0.05) is 56.3 Å². The maximum Gasteiger partial charge on any atom is 0.302 e. The van der Waals surface area contributed by atoms with Gasteiger partial charge in [0.25, 0.3) is 0 Å². The second-order valence-electron chi connectivity index (χ2n) is 14.2. The van der Waals surface area contributed by atoms with Gasteiger partial charge in [-0.3, -0.25) is 14.4 Å². The molecule has 238 valence electrons. The summed E-state index contributed by atoms with van der Waals surface area (Å²) >= 11 is 0. The van der Waals surface area contributed by atoms with E-state index in [9.17, 15) is 19.5 Å². The zero-order valence-electron chi connectivity index (χ0n) is 25.9. The Labute approximate surface area is 251 Å². The van der Waals surface area contributed by atoms with Crippen LogP contribution < -0.4 is 0 Å². The number of allylic oxidation sites excluding steroid dienone is 1. The van der Waals surface area contributed by atoms with Crippen LogP contribution in [0.5, 0.6) is 0 Å². The van der Waals surface area contributed by atoms with E-state index in [0.29, 0.717) is 12.8 Å². The third-order valence-corrected chi connectivity index (χ3v) is 11.3. The van der Waals surface area contributed by atoms with Gasteiger partial charge in [0.2, 0.25) is 5.79 Å². The molecule has 1 saturated heterocycles. The molecule has 4 aliphatic carbocycles. The molecule has 1 aliphatic heterocycles. The molecule has 6 rings (SSSR count). The second-order valence-corrected chi connectivity index (χ2v) is 14.2. The van der Waals surface area contributed by atoms with Crippen LogP contribution in [0, 0.1) is 28.1 Å². The van der Waals surface area contributed by atoms with Gasteiger partial charge in [0.15, 0.2) is 0 Å². The van der Waals surface area contributed by atoms with Gasteiger partial charge < -0.3 is 29.2 Å². The van der Waals surface area contributed by atoms with Crippen molar-refractivity contribution in [2.24, 2.45) is 28.1 Å². The number of furan rings is 1. The second kappa shape index (κ2) is 10.2. The van der Waals surface area contributed by atoms with Crippen LogP contribution in [0.25, 0.3) is 0 Å². The van der Waals surface area contributed by atoms with E-state index >= 15 is 0 Å². The first-order valence-corrected chi connectivity index (χ1v) is 14.9. The van der Waals surface area contributed by atoms with Crippen molar-refractivity contribution in [3.63, 3.8) is 0 Å². The lowest BCUT2D eigenvalue weighted by Crippen LogP contribution is -2.70. The smallest absolute Gasteiger partial charge is 0.302 e. The molecule has 5 aliphatic rings. The first-order chi connectivity index (χ1) is 19.6. The van der Waals surface area contributed by atoms with Crippen LogP contribution >= 0.6 is 0 Å². The highest BCUT2D eigenvalue weighted by Gasteiger charge is 2.79. The number of carbonyl (C=O) groups is 3. The molecule has 2 heterocycles. The summed E-state index contributed by atoms with van der Waals surface area (Å²) in [6.45, 7) is 12.2. The zero-order chi connectivity index (χ0) is 30.5. The van der Waals surface area contributed by atoms with Crippen molar-refractivity contribution >= 4 is 17.9 Å². The summed E-state index contributed by atoms with van der Waals surface area (Å²) < 4.78 is 24.0. The van der Waals surface area contributed by atoms with Crippen molar-refractivity contribution in [1.29, 1.82) is 0 Å². The minimum atomic E-state index is -1.73. The fourth-order valence-electron chi connectivity index (χ4n) is 10.3. The molecule has 3 saturated carbocycles. The quantitative estimate of drug-likeness (QED) is 0.231. The van der Waals surface area contributed by atoms with E-state index in [1.54, 1.807) is 12.5 Å². The number of hydrogen-bond donors (Lipinski definition) is 1. The minimum Gasteiger partial charge on any atom is -0.472 e. The van der Waals surface area contributed by atoms with E-state index in [1.807, 2.05) is 19.9 Å². The number of carbonyl (C=O) groups excluding carboxylic acids is 3. The Kier molecular flexibility index (Phi) is 7.48. The van der Waals surface area contributed by atoms with Gasteiger partial charge in [-0.25, -0.2) is 9.78 Å². The molecule has 0 amide bonds. The normalized spacial score (nSPS) is 44.0. The summed E-state index contributed by atoms with van der Waals surface area (Å²) in [4.78, 5) is 49.8. The first kappa shape index (κ1) is 31.7. The summed E-state index contributed by atoms with van der Waals surface area (Å²) in [5, 5.41) is 11.8.